The molecule has 2 aromatic rings. The van der Waals surface area contributed by atoms with Crippen molar-refractivity contribution in [1.29, 1.82) is 0 Å². The fourth-order valence-electron chi connectivity index (χ4n) is 3.34. The van der Waals surface area contributed by atoms with Crippen LogP contribution in [-0.2, 0) is 17.6 Å². The molecule has 122 valence electrons. The second-order valence-corrected chi connectivity index (χ2v) is 7.11. The molecule has 0 bridgehead atoms. The van der Waals surface area contributed by atoms with Crippen LogP contribution in [0.4, 0.5) is 0 Å². The molecule has 1 saturated heterocycles. The van der Waals surface area contributed by atoms with Gasteiger partial charge in [0.1, 0.15) is 11.9 Å². The molecule has 1 N–H and O–H groups in total. The number of morpholine rings is 1. The lowest BCUT2D eigenvalue weighted by atomic mass is 9.95. The zero-order valence-electron chi connectivity index (χ0n) is 13.2. The minimum Gasteiger partial charge on any atom is -0.366 e. The Morgan fingerprint density at radius 2 is 2.30 bits per heavy atom. The molecule has 1 amide bonds. The summed E-state index contributed by atoms with van der Waals surface area (Å²) in [5.74, 6) is 1.52. The first-order chi connectivity index (χ1) is 11.2. The molecule has 2 aromatic heterocycles. The molecule has 3 heterocycles. The third-order valence-corrected chi connectivity index (χ3v) is 5.64. The van der Waals surface area contributed by atoms with E-state index in [4.69, 9.17) is 4.74 Å². The number of H-pyrrole nitrogens is 1. The highest BCUT2D eigenvalue weighted by Crippen LogP contribution is 2.31. The first-order valence-electron chi connectivity index (χ1n) is 8.11. The maximum Gasteiger partial charge on any atom is 0.255 e. The van der Waals surface area contributed by atoms with Crippen LogP contribution >= 0.6 is 11.3 Å². The van der Waals surface area contributed by atoms with E-state index in [0.29, 0.717) is 25.5 Å². The Bertz CT molecular complexity index is 723. The summed E-state index contributed by atoms with van der Waals surface area (Å²) in [5, 5.41) is 9.05. The van der Waals surface area contributed by atoms with Crippen molar-refractivity contribution >= 4 is 17.2 Å². The third-order valence-electron chi connectivity index (χ3n) is 4.55. The van der Waals surface area contributed by atoms with Gasteiger partial charge in [-0.05, 0) is 38.2 Å². The van der Waals surface area contributed by atoms with Gasteiger partial charge in [0.25, 0.3) is 5.91 Å². The van der Waals surface area contributed by atoms with Crippen LogP contribution in [0.15, 0.2) is 5.38 Å². The lowest BCUT2D eigenvalue weighted by Gasteiger charge is -2.32. The highest BCUT2D eigenvalue weighted by Gasteiger charge is 2.30. The van der Waals surface area contributed by atoms with Crippen LogP contribution in [0.2, 0.25) is 0 Å². The second-order valence-electron chi connectivity index (χ2n) is 6.15. The van der Waals surface area contributed by atoms with Crippen LogP contribution in [-0.4, -0.2) is 45.7 Å². The molecule has 0 spiro atoms. The Kier molecular flexibility index (Phi) is 3.90. The molecule has 0 aromatic carbocycles. The van der Waals surface area contributed by atoms with E-state index in [1.807, 2.05) is 17.2 Å². The number of thiophene rings is 1. The van der Waals surface area contributed by atoms with Gasteiger partial charge in [-0.15, -0.1) is 11.3 Å². The minimum atomic E-state index is -0.243. The van der Waals surface area contributed by atoms with Gasteiger partial charge in [0.05, 0.1) is 18.7 Å². The highest BCUT2D eigenvalue weighted by atomic mass is 32.1. The van der Waals surface area contributed by atoms with Gasteiger partial charge < -0.3 is 9.64 Å². The lowest BCUT2D eigenvalue weighted by molar-refractivity contribution is -0.0267. The fraction of sp³-hybridized carbons (Fsp3) is 0.562. The van der Waals surface area contributed by atoms with Crippen LogP contribution in [0.25, 0.3) is 0 Å². The molecular formula is C16H20N4O2S. The molecule has 4 rings (SSSR count). The van der Waals surface area contributed by atoms with Gasteiger partial charge in [-0.25, -0.2) is 4.98 Å². The molecule has 23 heavy (non-hydrogen) atoms. The Hall–Kier alpha value is -1.73. The minimum absolute atomic E-state index is 0.130. The van der Waals surface area contributed by atoms with Gasteiger partial charge in [0.15, 0.2) is 5.82 Å². The SMILES string of the molecule is Cc1nc(C2CN(C(=O)c3csc4c3CCCC4)CCO2)n[nH]1. The number of carbonyl (C=O) groups is 1. The van der Waals surface area contributed by atoms with E-state index in [2.05, 4.69) is 15.2 Å². The Morgan fingerprint density at radius 1 is 1.43 bits per heavy atom. The van der Waals surface area contributed by atoms with E-state index < -0.39 is 0 Å². The summed E-state index contributed by atoms with van der Waals surface area (Å²) in [7, 11) is 0. The van der Waals surface area contributed by atoms with E-state index in [-0.39, 0.29) is 12.0 Å². The van der Waals surface area contributed by atoms with Crippen LogP contribution in [0.5, 0.6) is 0 Å². The monoisotopic (exact) mass is 332 g/mol. The van der Waals surface area contributed by atoms with Gasteiger partial charge in [-0.2, -0.15) is 5.10 Å². The van der Waals surface area contributed by atoms with Crippen molar-refractivity contribution in [3.63, 3.8) is 0 Å². The number of aromatic nitrogens is 3. The number of hydrogen-bond acceptors (Lipinski definition) is 5. The van der Waals surface area contributed by atoms with E-state index in [1.165, 1.54) is 23.3 Å². The summed E-state index contributed by atoms with van der Waals surface area (Å²) in [4.78, 5) is 20.6. The summed E-state index contributed by atoms with van der Waals surface area (Å²) in [5.41, 5.74) is 2.18. The van der Waals surface area contributed by atoms with Gasteiger partial charge >= 0.3 is 0 Å². The molecule has 1 aliphatic heterocycles. The first kappa shape index (κ1) is 14.8. The van der Waals surface area contributed by atoms with Gasteiger partial charge in [-0.3, -0.25) is 9.89 Å². The molecule has 7 heteroatoms. The van der Waals surface area contributed by atoms with Crippen LogP contribution in [0.3, 0.4) is 0 Å². The zero-order chi connectivity index (χ0) is 15.8. The molecule has 2 aliphatic rings. The Balaban J connectivity index is 1.53. The first-order valence-corrected chi connectivity index (χ1v) is 8.99. The van der Waals surface area contributed by atoms with Gasteiger partial charge in [-0.1, -0.05) is 0 Å². The molecule has 1 unspecified atom stereocenters. The number of nitrogens with zero attached hydrogens (tertiary/aromatic N) is 3. The van der Waals surface area contributed by atoms with E-state index in [0.717, 1.165) is 24.2 Å². The van der Waals surface area contributed by atoms with Crippen molar-refractivity contribution in [2.24, 2.45) is 0 Å². The van der Waals surface area contributed by atoms with E-state index >= 15 is 0 Å². The van der Waals surface area contributed by atoms with Crippen LogP contribution < -0.4 is 0 Å². The number of amides is 1. The topological polar surface area (TPSA) is 71.1 Å². The van der Waals surface area contributed by atoms with Crippen molar-refractivity contribution in [1.82, 2.24) is 20.1 Å². The highest BCUT2D eigenvalue weighted by molar-refractivity contribution is 7.10. The van der Waals surface area contributed by atoms with E-state index in [9.17, 15) is 4.79 Å². The Morgan fingerprint density at radius 3 is 3.13 bits per heavy atom. The van der Waals surface area contributed by atoms with Crippen LogP contribution in [0, 0.1) is 6.92 Å². The Labute approximate surface area is 138 Å². The number of rotatable bonds is 2. The van der Waals surface area contributed by atoms with Crippen molar-refractivity contribution in [2.75, 3.05) is 19.7 Å². The third kappa shape index (κ3) is 2.79. The molecular weight excluding hydrogens is 312 g/mol. The second kappa shape index (κ2) is 6.05. The summed E-state index contributed by atoms with van der Waals surface area (Å²) in [6, 6.07) is 0. The number of hydrogen-bond donors (Lipinski definition) is 1. The molecule has 0 saturated carbocycles. The van der Waals surface area contributed by atoms with Gasteiger partial charge in [0, 0.05) is 16.8 Å². The molecule has 1 fully saturated rings. The average molecular weight is 332 g/mol. The summed E-state index contributed by atoms with van der Waals surface area (Å²) < 4.78 is 5.75. The van der Waals surface area contributed by atoms with Crippen molar-refractivity contribution in [2.45, 2.75) is 38.7 Å². The summed E-state index contributed by atoms with van der Waals surface area (Å²) >= 11 is 1.74. The lowest BCUT2D eigenvalue weighted by Crippen LogP contribution is -2.42. The normalized spacial score (nSPS) is 21.3. The van der Waals surface area contributed by atoms with Crippen molar-refractivity contribution in [3.8, 4) is 0 Å². The van der Waals surface area contributed by atoms with Crippen molar-refractivity contribution in [3.05, 3.63) is 33.0 Å². The van der Waals surface area contributed by atoms with Crippen molar-refractivity contribution < 1.29 is 9.53 Å². The predicted molar refractivity (Wildman–Crippen MR) is 86.7 cm³/mol. The van der Waals surface area contributed by atoms with Crippen LogP contribution in [0.1, 0.15) is 51.4 Å². The molecule has 0 radical (unpaired) electrons. The number of aromatic amines is 1. The maximum atomic E-state index is 12.9. The number of aryl methyl sites for hydroxylation is 2. The fourth-order valence-corrected chi connectivity index (χ4v) is 4.46. The van der Waals surface area contributed by atoms with E-state index in [1.54, 1.807) is 11.3 Å². The quantitative estimate of drug-likeness (QED) is 0.916. The number of carbonyl (C=O) groups excluding carboxylic acids is 1. The molecule has 1 atom stereocenters. The zero-order valence-corrected chi connectivity index (χ0v) is 14.0. The largest absolute Gasteiger partial charge is 0.366 e. The average Bonchev–Trinajstić information content (AvgIpc) is 3.20. The van der Waals surface area contributed by atoms with Gasteiger partial charge in [0.2, 0.25) is 0 Å². The summed E-state index contributed by atoms with van der Waals surface area (Å²) in [6.07, 6.45) is 4.34. The molecule has 6 nitrogen and oxygen atoms in total. The number of nitrogens with one attached hydrogen (secondary N) is 1. The standard InChI is InChI=1S/C16H20N4O2S/c1-10-17-15(19-18-10)13-8-20(6-7-22-13)16(21)12-9-23-14-5-3-2-4-11(12)14/h9,13H,2-8H2,1H3,(H,17,18,19). The maximum absolute atomic E-state index is 12.9. The molecule has 1 aliphatic carbocycles. The number of ether oxygens (including phenoxy) is 1. The number of fused-ring (bicyclic) bond motifs is 1. The smallest absolute Gasteiger partial charge is 0.255 e. The predicted octanol–water partition coefficient (Wildman–Crippen LogP) is 2.27. The summed E-state index contributed by atoms with van der Waals surface area (Å²) in [6.45, 7) is 3.53.